The van der Waals surface area contributed by atoms with E-state index in [0.29, 0.717) is 6.42 Å². The molecule has 2 aromatic rings. The third-order valence-corrected chi connectivity index (χ3v) is 2.96. The number of Topliss-reactive ketones (excluding diaryl/α,β-unsaturated/α-hetero) is 1. The Kier molecular flexibility index (Phi) is 4.30. The summed E-state index contributed by atoms with van der Waals surface area (Å²) in [5, 5.41) is 2.69. The van der Waals surface area contributed by atoms with Crippen molar-refractivity contribution in [3.05, 3.63) is 53.7 Å². The van der Waals surface area contributed by atoms with Crippen LogP contribution in [0.2, 0.25) is 0 Å². The summed E-state index contributed by atoms with van der Waals surface area (Å²) in [5.41, 5.74) is 1.80. The van der Waals surface area contributed by atoms with Crippen LogP contribution in [-0.4, -0.2) is 16.7 Å². The molecule has 0 aliphatic heterocycles. The highest BCUT2D eigenvalue weighted by Gasteiger charge is 2.22. The lowest BCUT2D eigenvalue weighted by atomic mass is 10.1. The second kappa shape index (κ2) is 6.14. The molecule has 0 radical (unpaired) electrons. The van der Waals surface area contributed by atoms with Gasteiger partial charge in [-0.3, -0.25) is 14.6 Å². The largest absolute Gasteiger partial charge is 0.461 e. The highest BCUT2D eigenvalue weighted by molar-refractivity contribution is 6.42. The molecular weight excluding hydrogens is 256 g/mol. The van der Waals surface area contributed by atoms with Gasteiger partial charge in [-0.05, 0) is 43.2 Å². The molecule has 0 spiro atoms. The Hall–Kier alpha value is -2.43. The molecule has 0 fully saturated rings. The second-order valence-electron chi connectivity index (χ2n) is 4.50. The van der Waals surface area contributed by atoms with Gasteiger partial charge >= 0.3 is 0 Å². The number of carbonyl (C=O) groups excluding carboxylic acids is 2. The molecule has 20 heavy (non-hydrogen) atoms. The molecule has 2 aromatic heterocycles. The van der Waals surface area contributed by atoms with Crippen LogP contribution < -0.4 is 5.32 Å². The highest BCUT2D eigenvalue weighted by atomic mass is 16.3. The molecule has 0 saturated carbocycles. The lowest BCUT2D eigenvalue weighted by Crippen LogP contribution is -2.34. The lowest BCUT2D eigenvalue weighted by Gasteiger charge is -2.16. The summed E-state index contributed by atoms with van der Waals surface area (Å²) in [6.07, 6.45) is 3.70. The second-order valence-corrected chi connectivity index (χ2v) is 4.50. The van der Waals surface area contributed by atoms with Crippen molar-refractivity contribution in [2.45, 2.75) is 26.3 Å². The maximum atomic E-state index is 11.9. The van der Waals surface area contributed by atoms with Crippen LogP contribution in [0, 0.1) is 6.92 Å². The monoisotopic (exact) mass is 272 g/mol. The Balaban J connectivity index is 2.10. The summed E-state index contributed by atoms with van der Waals surface area (Å²) < 4.78 is 4.93. The van der Waals surface area contributed by atoms with Gasteiger partial charge < -0.3 is 9.73 Å². The molecule has 2 heterocycles. The minimum absolute atomic E-state index is 0.0366. The quantitative estimate of drug-likeness (QED) is 0.670. The van der Waals surface area contributed by atoms with E-state index in [2.05, 4.69) is 10.3 Å². The first-order chi connectivity index (χ1) is 9.61. The Morgan fingerprint density at radius 1 is 1.40 bits per heavy atom. The molecule has 5 nitrogen and oxygen atoms in total. The van der Waals surface area contributed by atoms with E-state index in [9.17, 15) is 9.59 Å². The van der Waals surface area contributed by atoms with Gasteiger partial charge in [0, 0.05) is 6.20 Å². The van der Waals surface area contributed by atoms with Crippen molar-refractivity contribution >= 4 is 11.7 Å². The zero-order valence-corrected chi connectivity index (χ0v) is 11.4. The molecule has 104 valence electrons. The summed E-state index contributed by atoms with van der Waals surface area (Å²) in [6.45, 7) is 3.88. The van der Waals surface area contributed by atoms with E-state index in [0.717, 1.165) is 11.3 Å². The van der Waals surface area contributed by atoms with E-state index >= 15 is 0 Å². The Bertz CT molecular complexity index is 605. The summed E-state index contributed by atoms with van der Waals surface area (Å²) in [4.78, 5) is 28.0. The zero-order valence-electron chi connectivity index (χ0n) is 11.4. The highest BCUT2D eigenvalue weighted by Crippen LogP contribution is 2.15. The van der Waals surface area contributed by atoms with Crippen LogP contribution >= 0.6 is 0 Å². The molecule has 0 aliphatic carbocycles. The molecule has 0 aliphatic rings. The number of hydrogen-bond donors (Lipinski definition) is 1. The van der Waals surface area contributed by atoms with E-state index in [4.69, 9.17) is 4.42 Å². The number of pyridine rings is 1. The van der Waals surface area contributed by atoms with Crippen molar-refractivity contribution in [3.8, 4) is 0 Å². The maximum absolute atomic E-state index is 11.9. The third kappa shape index (κ3) is 3.12. The molecule has 1 amide bonds. The summed E-state index contributed by atoms with van der Waals surface area (Å²) in [7, 11) is 0. The number of nitrogens with one attached hydrogen (secondary N) is 1. The van der Waals surface area contributed by atoms with E-state index in [1.807, 2.05) is 26.0 Å². The summed E-state index contributed by atoms with van der Waals surface area (Å²) in [5.74, 6) is -1.33. The number of nitrogens with zero attached hydrogens (tertiary/aromatic N) is 1. The first kappa shape index (κ1) is 14.0. The Morgan fingerprint density at radius 2 is 2.20 bits per heavy atom. The molecule has 0 unspecified atom stereocenters. The van der Waals surface area contributed by atoms with Crippen molar-refractivity contribution in [3.63, 3.8) is 0 Å². The molecule has 5 heteroatoms. The normalized spacial score (nSPS) is 11.9. The fourth-order valence-corrected chi connectivity index (χ4v) is 1.88. The summed E-state index contributed by atoms with van der Waals surface area (Å²) in [6, 6.07) is 6.52. The van der Waals surface area contributed by atoms with Crippen LogP contribution in [0.4, 0.5) is 0 Å². The van der Waals surface area contributed by atoms with Crippen molar-refractivity contribution in [2.75, 3.05) is 0 Å². The molecular formula is C15H16N2O3. The van der Waals surface area contributed by atoms with Crippen molar-refractivity contribution in [1.29, 1.82) is 0 Å². The lowest BCUT2D eigenvalue weighted by molar-refractivity contribution is -0.117. The SMILES string of the molecule is CC[C@H](NC(=O)C(=O)c1ccco1)c1cc(C)ccn1. The fourth-order valence-electron chi connectivity index (χ4n) is 1.88. The number of amides is 1. The van der Waals surface area contributed by atoms with E-state index in [-0.39, 0.29) is 11.8 Å². The first-order valence-electron chi connectivity index (χ1n) is 6.43. The molecule has 0 aromatic carbocycles. The van der Waals surface area contributed by atoms with Gasteiger partial charge in [0.2, 0.25) is 0 Å². The molecule has 0 saturated heterocycles. The molecule has 1 N–H and O–H groups in total. The molecule has 2 rings (SSSR count). The number of aryl methyl sites for hydroxylation is 1. The number of furan rings is 1. The van der Waals surface area contributed by atoms with Crippen LogP contribution in [0.15, 0.2) is 41.1 Å². The standard InChI is InChI=1S/C15H16N2O3/c1-3-11(12-9-10(2)6-7-16-12)17-15(19)14(18)13-5-4-8-20-13/h4-9,11H,3H2,1-2H3,(H,17,19)/t11-/m0/s1. The van der Waals surface area contributed by atoms with E-state index in [1.54, 1.807) is 12.3 Å². The average molecular weight is 272 g/mol. The van der Waals surface area contributed by atoms with Crippen molar-refractivity contribution in [2.24, 2.45) is 0 Å². The first-order valence-corrected chi connectivity index (χ1v) is 6.43. The van der Waals surface area contributed by atoms with Gasteiger partial charge in [0.15, 0.2) is 5.76 Å². The average Bonchev–Trinajstić information content (AvgIpc) is 2.97. The predicted octanol–water partition coefficient (Wildman–Crippen LogP) is 2.43. The number of hydrogen-bond acceptors (Lipinski definition) is 4. The van der Waals surface area contributed by atoms with Crippen LogP contribution in [0.5, 0.6) is 0 Å². The molecule has 1 atom stereocenters. The van der Waals surface area contributed by atoms with Gasteiger partial charge in [-0.25, -0.2) is 0 Å². The van der Waals surface area contributed by atoms with Gasteiger partial charge in [-0.15, -0.1) is 0 Å². The molecule has 0 bridgehead atoms. The maximum Gasteiger partial charge on any atom is 0.296 e. The number of carbonyl (C=O) groups is 2. The zero-order chi connectivity index (χ0) is 14.5. The van der Waals surface area contributed by atoms with Crippen LogP contribution in [0.25, 0.3) is 0 Å². The van der Waals surface area contributed by atoms with Gasteiger partial charge in [0.1, 0.15) is 0 Å². The van der Waals surface area contributed by atoms with Gasteiger partial charge in [-0.2, -0.15) is 0 Å². The predicted molar refractivity (Wildman–Crippen MR) is 73.2 cm³/mol. The fraction of sp³-hybridized carbons (Fsp3) is 0.267. The third-order valence-electron chi connectivity index (χ3n) is 2.96. The van der Waals surface area contributed by atoms with E-state index < -0.39 is 11.7 Å². The van der Waals surface area contributed by atoms with Gasteiger partial charge in [0.25, 0.3) is 11.7 Å². The topological polar surface area (TPSA) is 72.2 Å². The summed E-state index contributed by atoms with van der Waals surface area (Å²) >= 11 is 0. The van der Waals surface area contributed by atoms with Crippen molar-refractivity contribution < 1.29 is 14.0 Å². The van der Waals surface area contributed by atoms with Crippen LogP contribution in [0.3, 0.4) is 0 Å². The smallest absolute Gasteiger partial charge is 0.296 e. The van der Waals surface area contributed by atoms with Crippen molar-refractivity contribution in [1.82, 2.24) is 10.3 Å². The van der Waals surface area contributed by atoms with Crippen LogP contribution in [0.1, 0.15) is 41.2 Å². The van der Waals surface area contributed by atoms with Gasteiger partial charge in [0.05, 0.1) is 18.0 Å². The minimum atomic E-state index is -0.685. The van der Waals surface area contributed by atoms with Gasteiger partial charge in [-0.1, -0.05) is 6.92 Å². The number of ketones is 1. The Morgan fingerprint density at radius 3 is 2.80 bits per heavy atom. The Labute approximate surface area is 117 Å². The number of aromatic nitrogens is 1. The van der Waals surface area contributed by atoms with Crippen LogP contribution in [-0.2, 0) is 4.79 Å². The van der Waals surface area contributed by atoms with E-state index in [1.165, 1.54) is 12.3 Å². The number of rotatable bonds is 5. The minimum Gasteiger partial charge on any atom is -0.461 e.